The number of para-hydroxylation sites is 1. The summed E-state index contributed by atoms with van der Waals surface area (Å²) in [6.07, 6.45) is 2.87. The van der Waals surface area contributed by atoms with Crippen molar-refractivity contribution in [3.63, 3.8) is 0 Å². The fourth-order valence-electron chi connectivity index (χ4n) is 1.72. The Hall–Kier alpha value is -0.980. The van der Waals surface area contributed by atoms with Crippen LogP contribution in [0.4, 0.5) is 5.69 Å². The van der Waals surface area contributed by atoms with Crippen LogP contribution in [0.15, 0.2) is 18.2 Å². The number of rotatable bonds is 5. The molecule has 1 aliphatic rings. The molecule has 1 fully saturated rings. The largest absolute Gasteiger partial charge is 0.352 e. The highest BCUT2D eigenvalue weighted by Crippen LogP contribution is 2.34. The minimum absolute atomic E-state index is 0.129. The van der Waals surface area contributed by atoms with Gasteiger partial charge in [-0.05, 0) is 25.0 Å². The fourth-order valence-corrected chi connectivity index (χ4v) is 3.30. The van der Waals surface area contributed by atoms with Crippen LogP contribution in [0.1, 0.15) is 12.8 Å². The number of halogens is 2. The van der Waals surface area contributed by atoms with Crippen LogP contribution in [0.3, 0.4) is 0 Å². The van der Waals surface area contributed by atoms with Gasteiger partial charge in [0.1, 0.15) is 6.54 Å². The Bertz CT molecular complexity index is 609. The summed E-state index contributed by atoms with van der Waals surface area (Å²) in [6, 6.07) is 4.82. The van der Waals surface area contributed by atoms with E-state index in [0.717, 1.165) is 23.4 Å². The van der Waals surface area contributed by atoms with Crippen LogP contribution in [-0.4, -0.2) is 33.2 Å². The summed E-state index contributed by atoms with van der Waals surface area (Å²) < 4.78 is 24.7. The SMILES string of the molecule is CS(=O)(=O)N(CC(=O)NC1CC1)c1c(Cl)cccc1Cl. The summed E-state index contributed by atoms with van der Waals surface area (Å²) >= 11 is 12.0. The molecule has 0 atom stereocenters. The van der Waals surface area contributed by atoms with E-state index in [0.29, 0.717) is 0 Å². The zero-order valence-corrected chi connectivity index (χ0v) is 13.1. The van der Waals surface area contributed by atoms with Gasteiger partial charge in [-0.15, -0.1) is 0 Å². The smallest absolute Gasteiger partial charge is 0.240 e. The van der Waals surface area contributed by atoms with Gasteiger partial charge >= 0.3 is 0 Å². The molecule has 0 bridgehead atoms. The first-order chi connectivity index (χ1) is 9.29. The van der Waals surface area contributed by atoms with Crippen LogP contribution >= 0.6 is 23.2 Å². The van der Waals surface area contributed by atoms with Crippen molar-refractivity contribution in [1.29, 1.82) is 0 Å². The number of nitrogens with one attached hydrogen (secondary N) is 1. The molecule has 1 aromatic carbocycles. The first-order valence-corrected chi connectivity index (χ1v) is 8.60. The van der Waals surface area contributed by atoms with E-state index < -0.39 is 10.0 Å². The van der Waals surface area contributed by atoms with Gasteiger partial charge < -0.3 is 5.32 Å². The zero-order valence-electron chi connectivity index (χ0n) is 10.8. The fraction of sp³-hybridized carbons (Fsp3) is 0.417. The number of anilines is 1. The van der Waals surface area contributed by atoms with Crippen molar-refractivity contribution in [1.82, 2.24) is 5.32 Å². The monoisotopic (exact) mass is 336 g/mol. The Labute approximate surface area is 127 Å². The van der Waals surface area contributed by atoms with Crippen molar-refractivity contribution in [2.45, 2.75) is 18.9 Å². The van der Waals surface area contributed by atoms with Crippen LogP contribution in [0.2, 0.25) is 10.0 Å². The van der Waals surface area contributed by atoms with Crippen molar-refractivity contribution in [2.75, 3.05) is 17.1 Å². The first kappa shape index (κ1) is 15.4. The van der Waals surface area contributed by atoms with Crippen LogP contribution < -0.4 is 9.62 Å². The molecule has 1 aromatic rings. The van der Waals surface area contributed by atoms with Crippen LogP contribution in [0, 0.1) is 0 Å². The number of benzene rings is 1. The predicted octanol–water partition coefficient (Wildman–Crippen LogP) is 2.04. The van der Waals surface area contributed by atoms with Gasteiger partial charge in [-0.1, -0.05) is 29.3 Å². The molecule has 0 unspecified atom stereocenters. The maximum Gasteiger partial charge on any atom is 0.240 e. The van der Waals surface area contributed by atoms with E-state index in [2.05, 4.69) is 5.32 Å². The van der Waals surface area contributed by atoms with Crippen LogP contribution in [0.25, 0.3) is 0 Å². The highest BCUT2D eigenvalue weighted by molar-refractivity contribution is 7.92. The standard InChI is InChI=1S/C12H14Cl2N2O3S/c1-20(18,19)16(7-11(17)15-8-5-6-8)12-9(13)3-2-4-10(12)14/h2-4,8H,5-7H2,1H3,(H,15,17). The topological polar surface area (TPSA) is 66.5 Å². The van der Waals surface area contributed by atoms with Gasteiger partial charge in [0.15, 0.2) is 0 Å². The molecule has 8 heteroatoms. The minimum Gasteiger partial charge on any atom is -0.352 e. The van der Waals surface area contributed by atoms with E-state index in [1.807, 2.05) is 0 Å². The molecule has 0 heterocycles. The van der Waals surface area contributed by atoms with E-state index in [1.165, 1.54) is 12.1 Å². The van der Waals surface area contributed by atoms with Gasteiger partial charge in [0.25, 0.3) is 0 Å². The summed E-state index contributed by atoms with van der Waals surface area (Å²) in [5.41, 5.74) is 0.129. The molecule has 1 saturated carbocycles. The molecule has 0 saturated heterocycles. The van der Waals surface area contributed by atoms with Gasteiger partial charge in [-0.25, -0.2) is 8.42 Å². The molecule has 20 heavy (non-hydrogen) atoms. The number of hydrogen-bond donors (Lipinski definition) is 1. The second-order valence-corrected chi connectivity index (χ2v) is 7.40. The number of carbonyl (C=O) groups excluding carboxylic acids is 1. The van der Waals surface area contributed by atoms with Crippen molar-refractivity contribution >= 4 is 44.8 Å². The lowest BCUT2D eigenvalue weighted by molar-refractivity contribution is -0.119. The third kappa shape index (κ3) is 3.77. The highest BCUT2D eigenvalue weighted by Gasteiger charge is 2.28. The Morgan fingerprint density at radius 1 is 1.35 bits per heavy atom. The normalized spacial score (nSPS) is 14.9. The molecule has 0 aromatic heterocycles. The second kappa shape index (κ2) is 5.79. The second-order valence-electron chi connectivity index (χ2n) is 4.68. The lowest BCUT2D eigenvalue weighted by Gasteiger charge is -2.23. The summed E-state index contributed by atoms with van der Waals surface area (Å²) in [6.45, 7) is -0.335. The molecule has 0 radical (unpaired) electrons. The molecular formula is C12H14Cl2N2O3S. The van der Waals surface area contributed by atoms with Crippen LogP contribution in [-0.2, 0) is 14.8 Å². The van der Waals surface area contributed by atoms with E-state index in [4.69, 9.17) is 23.2 Å². The van der Waals surface area contributed by atoms with E-state index >= 15 is 0 Å². The van der Waals surface area contributed by atoms with E-state index in [1.54, 1.807) is 6.07 Å². The van der Waals surface area contributed by atoms with Gasteiger partial charge in [-0.2, -0.15) is 0 Å². The number of nitrogens with zero attached hydrogens (tertiary/aromatic N) is 1. The first-order valence-electron chi connectivity index (χ1n) is 6.00. The maximum absolute atomic E-state index is 11.9. The number of carbonyl (C=O) groups is 1. The van der Waals surface area contributed by atoms with Gasteiger partial charge in [0.2, 0.25) is 15.9 Å². The summed E-state index contributed by atoms with van der Waals surface area (Å²) in [7, 11) is -3.67. The molecule has 5 nitrogen and oxygen atoms in total. The van der Waals surface area contributed by atoms with E-state index in [9.17, 15) is 13.2 Å². The van der Waals surface area contributed by atoms with Crippen molar-refractivity contribution in [3.05, 3.63) is 28.2 Å². The lowest BCUT2D eigenvalue weighted by Crippen LogP contribution is -2.41. The highest BCUT2D eigenvalue weighted by atomic mass is 35.5. The van der Waals surface area contributed by atoms with Crippen LogP contribution in [0.5, 0.6) is 0 Å². The molecule has 1 aliphatic carbocycles. The quantitative estimate of drug-likeness (QED) is 0.894. The average Bonchev–Trinajstić information content (AvgIpc) is 3.10. The Morgan fingerprint density at radius 2 is 1.90 bits per heavy atom. The molecule has 0 spiro atoms. The Kier molecular flexibility index (Phi) is 4.46. The molecule has 1 N–H and O–H groups in total. The number of hydrogen-bond acceptors (Lipinski definition) is 3. The third-order valence-electron chi connectivity index (χ3n) is 2.82. The molecule has 1 amide bonds. The Morgan fingerprint density at radius 3 is 2.35 bits per heavy atom. The number of amides is 1. The molecule has 0 aliphatic heterocycles. The van der Waals surface area contributed by atoms with Gasteiger partial charge in [0, 0.05) is 6.04 Å². The summed E-state index contributed by atoms with van der Waals surface area (Å²) in [5.74, 6) is -0.367. The molecule has 110 valence electrons. The Balaban J connectivity index is 2.30. The summed E-state index contributed by atoms with van der Waals surface area (Å²) in [5, 5.41) is 3.10. The molecular weight excluding hydrogens is 323 g/mol. The van der Waals surface area contributed by atoms with Gasteiger partial charge in [0.05, 0.1) is 22.0 Å². The van der Waals surface area contributed by atoms with Gasteiger partial charge in [-0.3, -0.25) is 9.10 Å². The maximum atomic E-state index is 11.9. The minimum atomic E-state index is -3.67. The average molecular weight is 337 g/mol. The van der Waals surface area contributed by atoms with Crippen molar-refractivity contribution in [3.8, 4) is 0 Å². The zero-order chi connectivity index (χ0) is 14.9. The third-order valence-corrected chi connectivity index (χ3v) is 4.54. The van der Waals surface area contributed by atoms with Crippen molar-refractivity contribution in [2.24, 2.45) is 0 Å². The molecule has 2 rings (SSSR count). The predicted molar refractivity (Wildman–Crippen MR) is 79.8 cm³/mol. The summed E-state index contributed by atoms with van der Waals surface area (Å²) in [4.78, 5) is 11.8. The lowest BCUT2D eigenvalue weighted by atomic mass is 10.3. The van der Waals surface area contributed by atoms with E-state index in [-0.39, 0.29) is 34.2 Å². The van der Waals surface area contributed by atoms with Crippen molar-refractivity contribution < 1.29 is 13.2 Å². The number of sulfonamides is 1.